The molecule has 0 radical (unpaired) electrons. The van der Waals surface area contributed by atoms with E-state index in [1.807, 2.05) is 13.0 Å². The van der Waals surface area contributed by atoms with Gasteiger partial charge in [-0.15, -0.1) is 0 Å². The molecule has 3 aliphatic rings. The van der Waals surface area contributed by atoms with Crippen LogP contribution in [0.3, 0.4) is 0 Å². The molecule has 5 atom stereocenters. The Morgan fingerprint density at radius 1 is 1.48 bits per heavy atom. The first kappa shape index (κ1) is 19.8. The van der Waals surface area contributed by atoms with Gasteiger partial charge in [-0.25, -0.2) is 9.59 Å². The third-order valence-corrected chi connectivity index (χ3v) is 5.61. The molecule has 0 aromatic heterocycles. The molecule has 0 saturated carbocycles. The van der Waals surface area contributed by atoms with E-state index in [1.54, 1.807) is 6.92 Å². The second-order valence-corrected chi connectivity index (χ2v) is 7.49. The number of carbonyl (C=O) groups excluding carboxylic acids is 2. The highest BCUT2D eigenvalue weighted by molar-refractivity contribution is 5.91. The van der Waals surface area contributed by atoms with Crippen LogP contribution in [0.2, 0.25) is 0 Å². The van der Waals surface area contributed by atoms with Gasteiger partial charge in [0.15, 0.2) is 0 Å². The number of aliphatic hydroxyl groups excluding tert-OH is 2. The molecule has 7 nitrogen and oxygen atoms in total. The standard InChI is InChI=1S/C20H26O7/c1-11-5-4-7-20(10-22)17(27-20)16-15(13(3)19(24)26-16)14(9-11)25-18(23)12(2)6-8-21/h5-6,14-17,21-22H,3-4,7-10H2,1-2H3/b11-5-,12-6+/t14-,15?,16+,17?,20+/m1/s1. The van der Waals surface area contributed by atoms with Crippen molar-refractivity contribution in [1.82, 2.24) is 0 Å². The molecule has 1 aliphatic carbocycles. The molecule has 0 bridgehead atoms. The van der Waals surface area contributed by atoms with Crippen molar-refractivity contribution in [3.63, 3.8) is 0 Å². The van der Waals surface area contributed by atoms with Crippen LogP contribution in [-0.4, -0.2) is 59.3 Å². The number of esters is 2. The fraction of sp³-hybridized carbons (Fsp3) is 0.600. The van der Waals surface area contributed by atoms with E-state index in [-0.39, 0.29) is 24.4 Å². The van der Waals surface area contributed by atoms with Crippen molar-refractivity contribution in [3.05, 3.63) is 35.5 Å². The Balaban J connectivity index is 1.93. The normalized spacial score (nSPS) is 38.2. The van der Waals surface area contributed by atoms with E-state index in [0.717, 1.165) is 5.57 Å². The largest absolute Gasteiger partial charge is 0.458 e. The van der Waals surface area contributed by atoms with E-state index in [9.17, 15) is 14.7 Å². The van der Waals surface area contributed by atoms with Gasteiger partial charge >= 0.3 is 11.9 Å². The molecule has 0 aromatic carbocycles. The summed E-state index contributed by atoms with van der Waals surface area (Å²) in [7, 11) is 0. The van der Waals surface area contributed by atoms with Gasteiger partial charge in [-0.05, 0) is 32.8 Å². The first-order valence-electron chi connectivity index (χ1n) is 9.15. The third kappa shape index (κ3) is 3.72. The number of epoxide rings is 1. The third-order valence-electron chi connectivity index (χ3n) is 5.61. The van der Waals surface area contributed by atoms with E-state index in [2.05, 4.69) is 6.58 Å². The Kier molecular flexibility index (Phi) is 5.55. The molecule has 2 heterocycles. The van der Waals surface area contributed by atoms with Crippen LogP contribution < -0.4 is 0 Å². The Bertz CT molecular complexity index is 707. The van der Waals surface area contributed by atoms with Gasteiger partial charge in [-0.3, -0.25) is 0 Å². The Labute approximate surface area is 158 Å². The highest BCUT2D eigenvalue weighted by atomic mass is 16.7. The summed E-state index contributed by atoms with van der Waals surface area (Å²) in [6, 6.07) is 0. The minimum absolute atomic E-state index is 0.166. The summed E-state index contributed by atoms with van der Waals surface area (Å²) in [5.74, 6) is -1.64. The Morgan fingerprint density at radius 3 is 2.89 bits per heavy atom. The van der Waals surface area contributed by atoms with Crippen molar-refractivity contribution in [2.75, 3.05) is 13.2 Å². The molecule has 0 spiro atoms. The fourth-order valence-electron chi connectivity index (χ4n) is 3.94. The molecule has 0 aromatic rings. The van der Waals surface area contributed by atoms with Crippen LogP contribution in [0.25, 0.3) is 0 Å². The van der Waals surface area contributed by atoms with Crippen LogP contribution in [0.15, 0.2) is 35.5 Å². The number of allylic oxidation sites excluding steroid dienone is 1. The van der Waals surface area contributed by atoms with Crippen molar-refractivity contribution in [3.8, 4) is 0 Å². The monoisotopic (exact) mass is 378 g/mol. The van der Waals surface area contributed by atoms with E-state index in [4.69, 9.17) is 19.3 Å². The molecule has 27 heavy (non-hydrogen) atoms. The van der Waals surface area contributed by atoms with Crippen LogP contribution in [0, 0.1) is 5.92 Å². The van der Waals surface area contributed by atoms with E-state index in [0.29, 0.717) is 19.3 Å². The summed E-state index contributed by atoms with van der Waals surface area (Å²) < 4.78 is 17.0. The predicted molar refractivity (Wildman–Crippen MR) is 95.5 cm³/mol. The van der Waals surface area contributed by atoms with E-state index < -0.39 is 41.8 Å². The quantitative estimate of drug-likeness (QED) is 0.328. The van der Waals surface area contributed by atoms with Crippen LogP contribution in [0.1, 0.15) is 33.1 Å². The van der Waals surface area contributed by atoms with Gasteiger partial charge in [0.1, 0.15) is 23.9 Å². The van der Waals surface area contributed by atoms with Crippen molar-refractivity contribution in [2.24, 2.45) is 5.92 Å². The maximum Gasteiger partial charge on any atom is 0.334 e. The average Bonchev–Trinajstić information content (AvgIpc) is 3.27. The summed E-state index contributed by atoms with van der Waals surface area (Å²) in [5, 5.41) is 18.8. The summed E-state index contributed by atoms with van der Waals surface area (Å²) in [6.07, 6.45) is 3.43. The van der Waals surface area contributed by atoms with Gasteiger partial charge in [-0.1, -0.05) is 18.2 Å². The summed E-state index contributed by atoms with van der Waals surface area (Å²) in [6.45, 7) is 6.92. The lowest BCUT2D eigenvalue weighted by atomic mass is 9.81. The SMILES string of the molecule is C=C1C(=O)O[C@H]2C1[C@H](OC(=O)/C(C)=C/CO)C/C(C)=C\CC[C@@]1(CO)OC21. The van der Waals surface area contributed by atoms with E-state index in [1.165, 1.54) is 6.08 Å². The lowest BCUT2D eigenvalue weighted by Gasteiger charge is -2.28. The van der Waals surface area contributed by atoms with Gasteiger partial charge in [0, 0.05) is 17.6 Å². The molecule has 2 unspecified atom stereocenters. The molecule has 2 N–H and O–H groups in total. The number of fused-ring (bicyclic) bond motifs is 3. The van der Waals surface area contributed by atoms with Gasteiger partial charge in [0.05, 0.1) is 19.1 Å². The zero-order valence-corrected chi connectivity index (χ0v) is 15.6. The number of rotatable bonds is 4. The average molecular weight is 378 g/mol. The maximum atomic E-state index is 12.4. The Hall–Kier alpha value is -1.96. The highest BCUT2D eigenvalue weighted by Gasteiger charge is 2.65. The summed E-state index contributed by atoms with van der Waals surface area (Å²) >= 11 is 0. The minimum Gasteiger partial charge on any atom is -0.458 e. The molecule has 148 valence electrons. The Morgan fingerprint density at radius 2 is 2.22 bits per heavy atom. The zero-order valence-electron chi connectivity index (χ0n) is 15.6. The topological polar surface area (TPSA) is 106 Å². The number of aliphatic hydroxyl groups is 2. The van der Waals surface area contributed by atoms with Crippen LogP contribution >= 0.6 is 0 Å². The molecular weight excluding hydrogens is 352 g/mol. The van der Waals surface area contributed by atoms with Crippen LogP contribution in [-0.2, 0) is 23.8 Å². The molecule has 2 fully saturated rings. The van der Waals surface area contributed by atoms with E-state index >= 15 is 0 Å². The van der Waals surface area contributed by atoms with Crippen LogP contribution in [0.5, 0.6) is 0 Å². The smallest absolute Gasteiger partial charge is 0.334 e. The molecule has 3 rings (SSSR count). The zero-order chi connectivity index (χ0) is 19.8. The number of ether oxygens (including phenoxy) is 3. The summed E-state index contributed by atoms with van der Waals surface area (Å²) in [4.78, 5) is 24.6. The van der Waals surface area contributed by atoms with Crippen molar-refractivity contribution >= 4 is 11.9 Å². The maximum absolute atomic E-state index is 12.4. The second-order valence-electron chi connectivity index (χ2n) is 7.49. The molecular formula is C20H26O7. The number of hydrogen-bond donors (Lipinski definition) is 2. The lowest BCUT2D eigenvalue weighted by Crippen LogP contribution is -2.39. The van der Waals surface area contributed by atoms with Gasteiger partial charge < -0.3 is 24.4 Å². The van der Waals surface area contributed by atoms with Crippen molar-refractivity contribution in [1.29, 1.82) is 0 Å². The second kappa shape index (κ2) is 7.58. The number of hydrogen-bond acceptors (Lipinski definition) is 7. The first-order chi connectivity index (χ1) is 12.8. The van der Waals surface area contributed by atoms with Crippen molar-refractivity contribution in [2.45, 2.75) is 57.0 Å². The van der Waals surface area contributed by atoms with Gasteiger partial charge in [-0.2, -0.15) is 0 Å². The molecule has 2 aliphatic heterocycles. The van der Waals surface area contributed by atoms with Gasteiger partial charge in [0.2, 0.25) is 0 Å². The molecule has 2 saturated heterocycles. The lowest BCUT2D eigenvalue weighted by molar-refractivity contribution is -0.148. The number of carbonyl (C=O) groups is 2. The predicted octanol–water partition coefficient (Wildman–Crippen LogP) is 1.19. The van der Waals surface area contributed by atoms with Gasteiger partial charge in [0.25, 0.3) is 0 Å². The van der Waals surface area contributed by atoms with Crippen molar-refractivity contribution < 1.29 is 34.0 Å². The molecule has 0 amide bonds. The van der Waals surface area contributed by atoms with Crippen LogP contribution in [0.4, 0.5) is 0 Å². The fourth-order valence-corrected chi connectivity index (χ4v) is 3.94. The highest BCUT2D eigenvalue weighted by Crippen LogP contribution is 2.50. The summed E-state index contributed by atoms with van der Waals surface area (Å²) in [5.41, 5.74) is 0.812. The minimum atomic E-state index is -0.733. The molecule has 7 heteroatoms. The first-order valence-corrected chi connectivity index (χ1v) is 9.15.